The smallest absolute Gasteiger partial charge is 0.341 e. The molecule has 3 rings (SSSR count). The van der Waals surface area contributed by atoms with Gasteiger partial charge in [-0.25, -0.2) is 14.6 Å². The Bertz CT molecular complexity index is 1080. The number of fused-ring (bicyclic) bond motifs is 1. The zero-order valence-electron chi connectivity index (χ0n) is 14.6. The van der Waals surface area contributed by atoms with Crippen LogP contribution in [0.5, 0.6) is 5.75 Å². The Kier molecular flexibility index (Phi) is 5.93. The number of aryl methyl sites for hydroxylation is 1. The highest BCUT2D eigenvalue weighted by Crippen LogP contribution is 2.29. The number of esters is 1. The molecular formula is C19H15F2NO5S. The van der Waals surface area contributed by atoms with E-state index in [1.54, 1.807) is 6.07 Å². The zero-order valence-corrected chi connectivity index (χ0v) is 15.5. The van der Waals surface area contributed by atoms with Crippen LogP contribution in [0.2, 0.25) is 0 Å². The van der Waals surface area contributed by atoms with E-state index in [9.17, 15) is 23.5 Å². The van der Waals surface area contributed by atoms with Gasteiger partial charge in [0.2, 0.25) is 0 Å². The van der Waals surface area contributed by atoms with Gasteiger partial charge >= 0.3 is 11.6 Å². The first kappa shape index (κ1) is 19.8. The molecule has 1 aromatic carbocycles. The average molecular weight is 407 g/mol. The number of halogens is 2. The van der Waals surface area contributed by atoms with Crippen LogP contribution in [0.1, 0.15) is 28.4 Å². The molecule has 0 aliphatic carbocycles. The predicted molar refractivity (Wildman–Crippen MR) is 98.7 cm³/mol. The van der Waals surface area contributed by atoms with Crippen molar-refractivity contribution in [1.82, 2.24) is 4.98 Å². The molecule has 6 nitrogen and oxygen atoms in total. The van der Waals surface area contributed by atoms with Crippen LogP contribution in [0.15, 0.2) is 50.8 Å². The van der Waals surface area contributed by atoms with Crippen molar-refractivity contribution in [3.05, 3.63) is 63.6 Å². The molecule has 0 fully saturated rings. The number of pyridine rings is 1. The van der Waals surface area contributed by atoms with Crippen molar-refractivity contribution in [2.24, 2.45) is 0 Å². The quantitative estimate of drug-likeness (QED) is 0.373. The molecule has 0 saturated carbocycles. The number of hydrogen-bond donors (Lipinski definition) is 1. The lowest BCUT2D eigenvalue weighted by molar-refractivity contribution is 0.0468. The van der Waals surface area contributed by atoms with E-state index < -0.39 is 17.4 Å². The Morgan fingerprint density at radius 1 is 1.32 bits per heavy atom. The van der Waals surface area contributed by atoms with Gasteiger partial charge in [0.25, 0.3) is 5.76 Å². The second kappa shape index (κ2) is 8.39. The first-order chi connectivity index (χ1) is 13.4. The molecule has 3 aromatic rings. The number of carbonyl (C=O) groups is 1. The third-order valence-electron chi connectivity index (χ3n) is 3.96. The summed E-state index contributed by atoms with van der Waals surface area (Å²) >= 11 is 0.149. The fraction of sp³-hybridized carbons (Fsp3) is 0.211. The van der Waals surface area contributed by atoms with Crippen LogP contribution in [-0.2, 0) is 17.8 Å². The van der Waals surface area contributed by atoms with E-state index >= 15 is 0 Å². The average Bonchev–Trinajstić information content (AvgIpc) is 2.65. The second-order valence-corrected chi connectivity index (χ2v) is 6.71. The van der Waals surface area contributed by atoms with Gasteiger partial charge in [0, 0.05) is 29.3 Å². The van der Waals surface area contributed by atoms with Crippen molar-refractivity contribution < 1.29 is 27.8 Å². The summed E-state index contributed by atoms with van der Waals surface area (Å²) in [7, 11) is 0. The summed E-state index contributed by atoms with van der Waals surface area (Å²) in [6, 6.07) is 6.95. The number of phenols is 1. The first-order valence-electron chi connectivity index (χ1n) is 8.24. The third-order valence-corrected chi connectivity index (χ3v) is 4.69. The predicted octanol–water partition coefficient (Wildman–Crippen LogP) is 4.13. The summed E-state index contributed by atoms with van der Waals surface area (Å²) in [4.78, 5) is 27.9. The van der Waals surface area contributed by atoms with E-state index in [0.29, 0.717) is 22.9 Å². The number of carbonyl (C=O) groups excluding carboxylic acids is 1. The van der Waals surface area contributed by atoms with Crippen molar-refractivity contribution in [2.45, 2.75) is 30.7 Å². The van der Waals surface area contributed by atoms with Crippen LogP contribution in [0.4, 0.5) is 8.78 Å². The summed E-state index contributed by atoms with van der Waals surface area (Å²) in [5, 5.41) is 10.3. The minimum atomic E-state index is -2.73. The minimum absolute atomic E-state index is 0.00341. The highest BCUT2D eigenvalue weighted by Gasteiger charge is 2.19. The fourth-order valence-electron chi connectivity index (χ4n) is 2.66. The molecule has 146 valence electrons. The highest BCUT2D eigenvalue weighted by molar-refractivity contribution is 7.99. The number of hydrogen-bond acceptors (Lipinski definition) is 7. The van der Waals surface area contributed by atoms with Crippen molar-refractivity contribution >= 4 is 28.7 Å². The zero-order chi connectivity index (χ0) is 20.3. The molecule has 0 amide bonds. The number of aromatic hydroxyl groups is 1. The Morgan fingerprint density at radius 2 is 2.11 bits per heavy atom. The third kappa shape index (κ3) is 4.30. The summed E-state index contributed by atoms with van der Waals surface area (Å²) in [6.45, 7) is 1.58. The molecule has 0 unspecified atom stereocenters. The standard InChI is InChI=1S/C19H15F2NO5S/c1-2-10-6-13-11(7-16(24)27-15(13)8-14(10)23)9-26-18(25)12-4-3-5-22-17(12)28-19(20)21/h3-8,19,23H,2,9H2,1H3. The monoisotopic (exact) mass is 407 g/mol. The Labute approximate surface area is 162 Å². The van der Waals surface area contributed by atoms with Crippen molar-refractivity contribution in [3.63, 3.8) is 0 Å². The molecule has 28 heavy (non-hydrogen) atoms. The molecule has 0 atom stereocenters. The van der Waals surface area contributed by atoms with E-state index in [1.165, 1.54) is 30.5 Å². The summed E-state index contributed by atoms with van der Waals surface area (Å²) in [5.41, 5.74) is 0.408. The Hall–Kier alpha value is -2.94. The van der Waals surface area contributed by atoms with Crippen LogP contribution in [0.25, 0.3) is 11.0 Å². The van der Waals surface area contributed by atoms with Crippen LogP contribution in [0, 0.1) is 0 Å². The molecule has 0 saturated heterocycles. The highest BCUT2D eigenvalue weighted by atomic mass is 32.2. The van der Waals surface area contributed by atoms with Crippen LogP contribution in [-0.4, -0.2) is 21.8 Å². The van der Waals surface area contributed by atoms with E-state index in [2.05, 4.69) is 4.98 Å². The van der Waals surface area contributed by atoms with Gasteiger partial charge in [0.05, 0.1) is 5.56 Å². The lowest BCUT2D eigenvalue weighted by atomic mass is 10.0. The van der Waals surface area contributed by atoms with E-state index in [1.807, 2.05) is 6.92 Å². The molecule has 0 spiro atoms. The lowest BCUT2D eigenvalue weighted by Crippen LogP contribution is -2.10. The minimum Gasteiger partial charge on any atom is -0.508 e. The molecule has 2 aromatic heterocycles. The van der Waals surface area contributed by atoms with Gasteiger partial charge in [-0.05, 0) is 41.9 Å². The molecular weight excluding hydrogens is 392 g/mol. The van der Waals surface area contributed by atoms with Crippen LogP contribution < -0.4 is 5.63 Å². The molecule has 0 radical (unpaired) electrons. The van der Waals surface area contributed by atoms with Crippen LogP contribution in [0.3, 0.4) is 0 Å². The molecule has 0 bridgehead atoms. The van der Waals surface area contributed by atoms with E-state index in [0.717, 1.165) is 0 Å². The largest absolute Gasteiger partial charge is 0.508 e. The molecule has 1 N–H and O–H groups in total. The number of ether oxygens (including phenoxy) is 1. The maximum Gasteiger partial charge on any atom is 0.341 e. The van der Waals surface area contributed by atoms with Gasteiger partial charge < -0.3 is 14.3 Å². The number of phenolic OH excluding ortho intramolecular Hbond substituents is 1. The Balaban J connectivity index is 1.90. The maximum absolute atomic E-state index is 12.6. The molecule has 0 aliphatic rings. The van der Waals surface area contributed by atoms with E-state index in [4.69, 9.17) is 9.15 Å². The van der Waals surface area contributed by atoms with Gasteiger partial charge in [0.15, 0.2) is 0 Å². The van der Waals surface area contributed by atoms with Crippen molar-refractivity contribution in [1.29, 1.82) is 0 Å². The molecule has 0 aliphatic heterocycles. The summed E-state index contributed by atoms with van der Waals surface area (Å²) in [6.07, 6.45) is 1.85. The molecule has 2 heterocycles. The Morgan fingerprint density at radius 3 is 2.82 bits per heavy atom. The SMILES string of the molecule is CCc1cc2c(COC(=O)c3cccnc3SC(F)F)cc(=O)oc2cc1O. The number of thioether (sulfide) groups is 1. The van der Waals surface area contributed by atoms with Gasteiger partial charge in [-0.15, -0.1) is 0 Å². The summed E-state index contributed by atoms with van der Waals surface area (Å²) < 4.78 is 35.6. The van der Waals surface area contributed by atoms with Gasteiger partial charge in [-0.3, -0.25) is 0 Å². The first-order valence-corrected chi connectivity index (χ1v) is 9.12. The van der Waals surface area contributed by atoms with Gasteiger partial charge in [0.1, 0.15) is 23.0 Å². The number of nitrogens with zero attached hydrogens (tertiary/aromatic N) is 1. The van der Waals surface area contributed by atoms with Gasteiger partial charge in [-0.2, -0.15) is 8.78 Å². The summed E-state index contributed by atoms with van der Waals surface area (Å²) in [5.74, 6) is -3.58. The van der Waals surface area contributed by atoms with Gasteiger partial charge in [-0.1, -0.05) is 6.92 Å². The topological polar surface area (TPSA) is 89.6 Å². The normalized spacial score (nSPS) is 11.1. The molecule has 9 heteroatoms. The maximum atomic E-state index is 12.6. The lowest BCUT2D eigenvalue weighted by Gasteiger charge is -2.10. The number of benzene rings is 1. The number of aromatic nitrogens is 1. The van der Waals surface area contributed by atoms with Crippen molar-refractivity contribution in [2.75, 3.05) is 0 Å². The fourth-order valence-corrected chi connectivity index (χ4v) is 3.22. The number of rotatable bonds is 6. The van der Waals surface area contributed by atoms with Crippen molar-refractivity contribution in [3.8, 4) is 5.75 Å². The van der Waals surface area contributed by atoms with E-state index in [-0.39, 0.29) is 40.3 Å². The number of alkyl halides is 2. The van der Waals surface area contributed by atoms with Crippen LogP contribution >= 0.6 is 11.8 Å². The second-order valence-electron chi connectivity index (χ2n) is 5.73.